The lowest BCUT2D eigenvalue weighted by Crippen LogP contribution is -2.28. The number of ether oxygens (including phenoxy) is 1. The Bertz CT molecular complexity index is 964. The Balaban J connectivity index is 1.74. The molecule has 1 amide bonds. The molecule has 28 heavy (non-hydrogen) atoms. The second kappa shape index (κ2) is 9.80. The first-order valence-electron chi connectivity index (χ1n) is 9.14. The molecule has 1 N–H and O–H groups in total. The van der Waals surface area contributed by atoms with Crippen LogP contribution in [-0.2, 0) is 11.3 Å². The van der Waals surface area contributed by atoms with E-state index in [0.717, 1.165) is 35.4 Å². The zero-order valence-corrected chi connectivity index (χ0v) is 16.8. The second-order valence-corrected chi connectivity index (χ2v) is 7.09. The molecule has 1 aromatic carbocycles. The number of amides is 1. The molecule has 0 aliphatic rings. The van der Waals surface area contributed by atoms with E-state index < -0.39 is 0 Å². The van der Waals surface area contributed by atoms with Gasteiger partial charge in [-0.1, -0.05) is 43.2 Å². The van der Waals surface area contributed by atoms with Crippen LogP contribution in [0.1, 0.15) is 25.3 Å². The lowest BCUT2D eigenvalue weighted by molar-refractivity contribution is -0.123. The summed E-state index contributed by atoms with van der Waals surface area (Å²) in [4.78, 5) is 20.6. The fraction of sp³-hybridized carbons (Fsp3) is 0.300. The molecule has 2 aromatic heterocycles. The van der Waals surface area contributed by atoms with Crippen molar-refractivity contribution in [1.29, 1.82) is 0 Å². The van der Waals surface area contributed by atoms with Gasteiger partial charge in [-0.05, 0) is 18.9 Å². The number of aromatic nitrogens is 3. The number of rotatable bonds is 8. The van der Waals surface area contributed by atoms with Gasteiger partial charge < -0.3 is 9.30 Å². The Morgan fingerprint density at radius 2 is 2.11 bits per heavy atom. The van der Waals surface area contributed by atoms with Crippen molar-refractivity contribution < 1.29 is 9.53 Å². The summed E-state index contributed by atoms with van der Waals surface area (Å²) in [6.07, 6.45) is 6.61. The molecule has 0 fully saturated rings. The van der Waals surface area contributed by atoms with Gasteiger partial charge in [0, 0.05) is 24.3 Å². The van der Waals surface area contributed by atoms with E-state index in [1.165, 1.54) is 29.3 Å². The molecule has 3 rings (SSSR count). The van der Waals surface area contributed by atoms with Gasteiger partial charge in [0.15, 0.2) is 6.61 Å². The van der Waals surface area contributed by atoms with Gasteiger partial charge in [-0.25, -0.2) is 10.4 Å². The van der Waals surface area contributed by atoms with E-state index in [9.17, 15) is 4.79 Å². The van der Waals surface area contributed by atoms with E-state index in [2.05, 4.69) is 68.6 Å². The van der Waals surface area contributed by atoms with Gasteiger partial charge in [-0.15, -0.1) is 16.4 Å². The van der Waals surface area contributed by atoms with Crippen molar-refractivity contribution in [1.82, 2.24) is 20.0 Å². The summed E-state index contributed by atoms with van der Waals surface area (Å²) in [6, 6.07) is 8.41. The van der Waals surface area contributed by atoms with Gasteiger partial charge in [0.2, 0.25) is 10.7 Å². The standard InChI is InChI=1S/C20H23N5O2S/c1-3-4-11-25-17(16-7-5-15(2)6-8-16)14-28-20(25)24-23-18(26)13-27-19-12-21-9-10-22-19/h5-10,12,14H,3-4,11,13H2,1-2H3,(H,23,26)/b24-20-. The van der Waals surface area contributed by atoms with Gasteiger partial charge >= 0.3 is 0 Å². The number of nitrogens with zero attached hydrogens (tertiary/aromatic N) is 4. The largest absolute Gasteiger partial charge is 0.466 e. The maximum atomic E-state index is 12.0. The van der Waals surface area contributed by atoms with Crippen LogP contribution in [0.2, 0.25) is 0 Å². The predicted octanol–water partition coefficient (Wildman–Crippen LogP) is 3.13. The van der Waals surface area contributed by atoms with E-state index >= 15 is 0 Å². The summed E-state index contributed by atoms with van der Waals surface area (Å²) in [5.41, 5.74) is 6.02. The van der Waals surface area contributed by atoms with Crippen LogP contribution in [0, 0.1) is 6.92 Å². The average Bonchev–Trinajstić information content (AvgIpc) is 3.13. The molecule has 0 unspecified atom stereocenters. The van der Waals surface area contributed by atoms with Gasteiger partial charge in [-0.3, -0.25) is 9.78 Å². The Labute approximate surface area is 167 Å². The third-order valence-corrected chi connectivity index (χ3v) is 4.91. The first-order chi connectivity index (χ1) is 13.7. The third kappa shape index (κ3) is 5.26. The SMILES string of the molecule is CCCCn1c(-c2ccc(C)cc2)cs/c1=N\NC(=O)COc1cnccn1. The number of carbonyl (C=O) groups is 1. The van der Waals surface area contributed by atoms with E-state index in [4.69, 9.17) is 4.74 Å². The van der Waals surface area contributed by atoms with Crippen molar-refractivity contribution in [3.63, 3.8) is 0 Å². The number of aryl methyl sites for hydroxylation is 1. The van der Waals surface area contributed by atoms with Crippen molar-refractivity contribution in [3.05, 3.63) is 58.6 Å². The molecule has 0 saturated carbocycles. The maximum absolute atomic E-state index is 12.0. The fourth-order valence-electron chi connectivity index (χ4n) is 2.55. The minimum atomic E-state index is -0.349. The zero-order chi connectivity index (χ0) is 19.8. The molecule has 8 heteroatoms. The van der Waals surface area contributed by atoms with Crippen molar-refractivity contribution in [2.45, 2.75) is 33.2 Å². The van der Waals surface area contributed by atoms with Crippen molar-refractivity contribution in [2.24, 2.45) is 5.10 Å². The van der Waals surface area contributed by atoms with Crippen LogP contribution in [0.15, 0.2) is 53.3 Å². The molecule has 0 radical (unpaired) electrons. The molecule has 146 valence electrons. The van der Waals surface area contributed by atoms with Crippen LogP contribution in [0.5, 0.6) is 5.88 Å². The molecule has 7 nitrogen and oxygen atoms in total. The van der Waals surface area contributed by atoms with Gasteiger partial charge in [0.25, 0.3) is 5.91 Å². The number of carbonyl (C=O) groups excluding carboxylic acids is 1. The number of benzene rings is 1. The number of unbranched alkanes of at least 4 members (excludes halogenated alkanes) is 1. The van der Waals surface area contributed by atoms with Crippen LogP contribution >= 0.6 is 11.3 Å². The molecule has 0 spiro atoms. The fourth-order valence-corrected chi connectivity index (χ4v) is 3.44. The van der Waals surface area contributed by atoms with E-state index in [1.54, 1.807) is 6.20 Å². The lowest BCUT2D eigenvalue weighted by atomic mass is 10.1. The van der Waals surface area contributed by atoms with Crippen LogP contribution in [0.25, 0.3) is 11.3 Å². The summed E-state index contributed by atoms with van der Waals surface area (Å²) in [7, 11) is 0. The van der Waals surface area contributed by atoms with Crippen LogP contribution in [-0.4, -0.2) is 27.0 Å². The van der Waals surface area contributed by atoms with Crippen LogP contribution < -0.4 is 15.0 Å². The normalized spacial score (nSPS) is 11.4. The number of nitrogens with one attached hydrogen (secondary N) is 1. The van der Waals surface area contributed by atoms with Crippen molar-refractivity contribution >= 4 is 17.2 Å². The molecule has 0 bridgehead atoms. The van der Waals surface area contributed by atoms with Crippen LogP contribution in [0.4, 0.5) is 0 Å². The van der Waals surface area contributed by atoms with E-state index in [1.807, 2.05) is 0 Å². The highest BCUT2D eigenvalue weighted by molar-refractivity contribution is 7.07. The second-order valence-electron chi connectivity index (χ2n) is 6.25. The molecular formula is C20H23N5O2S. The Kier molecular flexibility index (Phi) is 6.91. The Morgan fingerprint density at radius 1 is 1.29 bits per heavy atom. The monoisotopic (exact) mass is 397 g/mol. The highest BCUT2D eigenvalue weighted by Gasteiger charge is 2.09. The molecule has 3 aromatic rings. The van der Waals surface area contributed by atoms with Gasteiger partial charge in [0.05, 0.1) is 11.9 Å². The van der Waals surface area contributed by atoms with Gasteiger partial charge in [-0.2, -0.15) is 0 Å². The number of hydrogen-bond donors (Lipinski definition) is 1. The Morgan fingerprint density at radius 3 is 2.82 bits per heavy atom. The molecular weight excluding hydrogens is 374 g/mol. The maximum Gasteiger partial charge on any atom is 0.278 e. The number of thiazole rings is 1. The molecule has 0 aliphatic heterocycles. The summed E-state index contributed by atoms with van der Waals surface area (Å²) < 4.78 is 7.43. The first-order valence-corrected chi connectivity index (χ1v) is 10.0. The smallest absolute Gasteiger partial charge is 0.278 e. The minimum absolute atomic E-state index is 0.173. The van der Waals surface area contributed by atoms with Gasteiger partial charge in [0.1, 0.15) is 0 Å². The Hall–Kier alpha value is -3.00. The quantitative estimate of drug-likeness (QED) is 0.592. The predicted molar refractivity (Wildman–Crippen MR) is 109 cm³/mol. The molecule has 0 saturated heterocycles. The van der Waals surface area contributed by atoms with E-state index in [-0.39, 0.29) is 12.5 Å². The van der Waals surface area contributed by atoms with E-state index in [0.29, 0.717) is 5.88 Å². The number of hydrogen-bond acceptors (Lipinski definition) is 6. The summed E-state index contributed by atoms with van der Waals surface area (Å²) in [5, 5.41) is 6.37. The van der Waals surface area contributed by atoms with Crippen LogP contribution in [0.3, 0.4) is 0 Å². The molecule has 2 heterocycles. The third-order valence-electron chi connectivity index (χ3n) is 4.05. The topological polar surface area (TPSA) is 81.4 Å². The molecule has 0 atom stereocenters. The zero-order valence-electron chi connectivity index (χ0n) is 16.0. The molecule has 0 aliphatic carbocycles. The summed E-state index contributed by atoms with van der Waals surface area (Å²) in [5.74, 6) is -0.0496. The van der Waals surface area contributed by atoms with Crippen molar-refractivity contribution in [3.8, 4) is 17.1 Å². The van der Waals surface area contributed by atoms with Crippen molar-refractivity contribution in [2.75, 3.05) is 6.61 Å². The minimum Gasteiger partial charge on any atom is -0.466 e. The summed E-state index contributed by atoms with van der Waals surface area (Å²) >= 11 is 1.50. The summed E-state index contributed by atoms with van der Waals surface area (Å²) in [6.45, 7) is 4.89. The average molecular weight is 398 g/mol. The lowest BCUT2D eigenvalue weighted by Gasteiger charge is -2.09. The highest BCUT2D eigenvalue weighted by Crippen LogP contribution is 2.21. The highest BCUT2D eigenvalue weighted by atomic mass is 32.1. The first kappa shape index (κ1) is 19.8.